The Morgan fingerprint density at radius 2 is 2.31 bits per heavy atom. The number of hydrogen-bond acceptors (Lipinski definition) is 5. The van der Waals surface area contributed by atoms with Crippen molar-refractivity contribution in [2.24, 2.45) is 0 Å². The number of rotatable bonds is 5. The second kappa shape index (κ2) is 5.30. The Hall–Kier alpha value is -1.10. The van der Waals surface area contributed by atoms with Crippen LogP contribution >= 0.6 is 0 Å². The molecule has 0 spiro atoms. The topological polar surface area (TPSA) is 54.2 Å². The van der Waals surface area contributed by atoms with Crippen molar-refractivity contribution in [3.63, 3.8) is 0 Å². The SMILES string of the molecule is CCNCc1nnc(N2CCCC2CC)o1. The molecule has 1 unspecified atom stereocenters. The van der Waals surface area contributed by atoms with Crippen LogP contribution in [0.3, 0.4) is 0 Å². The Bertz CT molecular complexity index is 326. The summed E-state index contributed by atoms with van der Waals surface area (Å²) < 4.78 is 5.64. The lowest BCUT2D eigenvalue weighted by molar-refractivity contribution is 0.457. The average molecular weight is 224 g/mol. The van der Waals surface area contributed by atoms with Crippen molar-refractivity contribution in [3.05, 3.63) is 5.89 Å². The van der Waals surface area contributed by atoms with Crippen LogP contribution in [-0.4, -0.2) is 29.3 Å². The minimum atomic E-state index is 0.576. The van der Waals surface area contributed by atoms with Gasteiger partial charge in [-0.2, -0.15) is 0 Å². The maximum absolute atomic E-state index is 5.64. The monoisotopic (exact) mass is 224 g/mol. The fourth-order valence-electron chi connectivity index (χ4n) is 2.18. The number of nitrogens with zero attached hydrogens (tertiary/aromatic N) is 3. The summed E-state index contributed by atoms with van der Waals surface area (Å²) in [5.41, 5.74) is 0. The van der Waals surface area contributed by atoms with Crippen LogP contribution in [0.15, 0.2) is 4.42 Å². The number of aromatic nitrogens is 2. The highest BCUT2D eigenvalue weighted by molar-refractivity contribution is 5.28. The molecule has 0 amide bonds. The quantitative estimate of drug-likeness (QED) is 0.822. The van der Waals surface area contributed by atoms with Crippen LogP contribution in [0.4, 0.5) is 6.01 Å². The van der Waals surface area contributed by atoms with E-state index in [0.29, 0.717) is 24.5 Å². The van der Waals surface area contributed by atoms with E-state index in [1.165, 1.54) is 12.8 Å². The predicted molar refractivity (Wildman–Crippen MR) is 62.3 cm³/mol. The third-order valence-corrected chi connectivity index (χ3v) is 3.08. The largest absolute Gasteiger partial charge is 0.407 e. The van der Waals surface area contributed by atoms with Gasteiger partial charge in [-0.05, 0) is 25.8 Å². The predicted octanol–water partition coefficient (Wildman–Crippen LogP) is 1.56. The first-order chi connectivity index (χ1) is 7.85. The molecule has 0 bridgehead atoms. The van der Waals surface area contributed by atoms with Crippen LogP contribution < -0.4 is 10.2 Å². The molecule has 2 rings (SSSR count). The van der Waals surface area contributed by atoms with Crippen molar-refractivity contribution in [1.29, 1.82) is 0 Å². The van der Waals surface area contributed by atoms with Gasteiger partial charge < -0.3 is 14.6 Å². The van der Waals surface area contributed by atoms with Crippen LogP contribution in [0.2, 0.25) is 0 Å². The molecule has 1 aliphatic rings. The van der Waals surface area contributed by atoms with Gasteiger partial charge in [0.1, 0.15) is 0 Å². The minimum absolute atomic E-state index is 0.576. The van der Waals surface area contributed by atoms with E-state index in [0.717, 1.165) is 19.5 Å². The highest BCUT2D eigenvalue weighted by atomic mass is 16.4. The molecule has 5 heteroatoms. The molecule has 5 nitrogen and oxygen atoms in total. The lowest BCUT2D eigenvalue weighted by atomic mass is 10.2. The van der Waals surface area contributed by atoms with E-state index in [9.17, 15) is 0 Å². The first-order valence-electron chi connectivity index (χ1n) is 6.14. The smallest absolute Gasteiger partial charge is 0.318 e. The molecular formula is C11H20N4O. The van der Waals surface area contributed by atoms with Crippen LogP contribution in [0.1, 0.15) is 39.0 Å². The third-order valence-electron chi connectivity index (χ3n) is 3.08. The van der Waals surface area contributed by atoms with Gasteiger partial charge in [-0.25, -0.2) is 0 Å². The first-order valence-corrected chi connectivity index (χ1v) is 6.14. The zero-order valence-corrected chi connectivity index (χ0v) is 10.1. The molecule has 1 atom stereocenters. The second-order valence-electron chi connectivity index (χ2n) is 4.16. The lowest BCUT2D eigenvalue weighted by Crippen LogP contribution is -2.28. The van der Waals surface area contributed by atoms with E-state index in [1.807, 2.05) is 0 Å². The normalized spacial score (nSPS) is 20.6. The fraction of sp³-hybridized carbons (Fsp3) is 0.818. The highest BCUT2D eigenvalue weighted by Crippen LogP contribution is 2.25. The molecule has 16 heavy (non-hydrogen) atoms. The van der Waals surface area contributed by atoms with Gasteiger partial charge in [0.05, 0.1) is 6.54 Å². The summed E-state index contributed by atoms with van der Waals surface area (Å²) >= 11 is 0. The number of hydrogen-bond donors (Lipinski definition) is 1. The summed E-state index contributed by atoms with van der Waals surface area (Å²) in [5.74, 6) is 0.679. The maximum Gasteiger partial charge on any atom is 0.318 e. The first kappa shape index (κ1) is 11.4. The average Bonchev–Trinajstić information content (AvgIpc) is 2.94. The summed E-state index contributed by atoms with van der Waals surface area (Å²) in [5, 5.41) is 11.3. The van der Waals surface area contributed by atoms with Crippen LogP contribution in [0.5, 0.6) is 0 Å². The number of nitrogens with one attached hydrogen (secondary N) is 1. The van der Waals surface area contributed by atoms with E-state index in [1.54, 1.807) is 0 Å². The molecule has 1 saturated heterocycles. The van der Waals surface area contributed by atoms with Gasteiger partial charge in [-0.1, -0.05) is 18.9 Å². The molecular weight excluding hydrogens is 204 g/mol. The van der Waals surface area contributed by atoms with Crippen molar-refractivity contribution in [2.75, 3.05) is 18.0 Å². The zero-order valence-electron chi connectivity index (χ0n) is 10.1. The second-order valence-corrected chi connectivity index (χ2v) is 4.16. The molecule has 0 saturated carbocycles. The lowest BCUT2D eigenvalue weighted by Gasteiger charge is -2.20. The van der Waals surface area contributed by atoms with E-state index in [2.05, 4.69) is 34.3 Å². The van der Waals surface area contributed by atoms with E-state index in [-0.39, 0.29) is 0 Å². The van der Waals surface area contributed by atoms with Gasteiger partial charge >= 0.3 is 6.01 Å². The van der Waals surface area contributed by atoms with Gasteiger partial charge in [-0.3, -0.25) is 0 Å². The van der Waals surface area contributed by atoms with Crippen molar-refractivity contribution in [1.82, 2.24) is 15.5 Å². The molecule has 1 N–H and O–H groups in total. The zero-order chi connectivity index (χ0) is 11.4. The van der Waals surface area contributed by atoms with E-state index < -0.39 is 0 Å². The summed E-state index contributed by atoms with van der Waals surface area (Å²) in [6, 6.07) is 1.27. The molecule has 1 aliphatic heterocycles. The molecule has 0 aromatic carbocycles. The fourth-order valence-corrected chi connectivity index (χ4v) is 2.18. The van der Waals surface area contributed by atoms with Gasteiger partial charge in [0, 0.05) is 12.6 Å². The van der Waals surface area contributed by atoms with Crippen LogP contribution in [-0.2, 0) is 6.54 Å². The summed E-state index contributed by atoms with van der Waals surface area (Å²) in [6.45, 7) is 6.89. The standard InChI is InChI=1S/C11H20N4O/c1-3-9-6-5-7-15(9)11-14-13-10(16-11)8-12-4-2/h9,12H,3-8H2,1-2H3. The minimum Gasteiger partial charge on any atom is -0.407 e. The molecule has 1 aromatic rings. The van der Waals surface area contributed by atoms with Crippen LogP contribution in [0.25, 0.3) is 0 Å². The van der Waals surface area contributed by atoms with Gasteiger partial charge in [0.2, 0.25) is 5.89 Å². The van der Waals surface area contributed by atoms with Crippen molar-refractivity contribution < 1.29 is 4.42 Å². The Morgan fingerprint density at radius 1 is 1.44 bits per heavy atom. The summed E-state index contributed by atoms with van der Waals surface area (Å²) in [6.07, 6.45) is 3.61. The Kier molecular flexibility index (Phi) is 3.77. The van der Waals surface area contributed by atoms with Gasteiger partial charge in [-0.15, -0.1) is 5.10 Å². The molecule has 1 fully saturated rings. The van der Waals surface area contributed by atoms with E-state index >= 15 is 0 Å². The number of anilines is 1. The Balaban J connectivity index is 2.00. The Morgan fingerprint density at radius 3 is 3.06 bits per heavy atom. The molecule has 90 valence electrons. The van der Waals surface area contributed by atoms with Crippen molar-refractivity contribution >= 4 is 6.01 Å². The van der Waals surface area contributed by atoms with Gasteiger partial charge in [0.25, 0.3) is 0 Å². The third kappa shape index (κ3) is 2.35. The van der Waals surface area contributed by atoms with Crippen LogP contribution in [0, 0.1) is 0 Å². The summed E-state index contributed by atoms with van der Waals surface area (Å²) in [4.78, 5) is 2.24. The van der Waals surface area contributed by atoms with Crippen molar-refractivity contribution in [3.8, 4) is 0 Å². The van der Waals surface area contributed by atoms with Crippen molar-refractivity contribution in [2.45, 2.75) is 45.7 Å². The van der Waals surface area contributed by atoms with Gasteiger partial charge in [0.15, 0.2) is 0 Å². The highest BCUT2D eigenvalue weighted by Gasteiger charge is 2.26. The van der Waals surface area contributed by atoms with E-state index in [4.69, 9.17) is 4.42 Å². The Labute approximate surface area is 96.2 Å². The molecule has 0 radical (unpaired) electrons. The molecule has 0 aliphatic carbocycles. The summed E-state index contributed by atoms with van der Waals surface area (Å²) in [7, 11) is 0. The maximum atomic E-state index is 5.64. The molecule has 1 aromatic heterocycles. The molecule has 2 heterocycles.